The van der Waals surface area contributed by atoms with Crippen molar-refractivity contribution in [2.75, 3.05) is 31.1 Å². The Kier molecular flexibility index (Phi) is 5.53. The molecule has 1 fully saturated rings. The maximum atomic E-state index is 12.5. The van der Waals surface area contributed by atoms with Crippen LogP contribution in [0.5, 0.6) is 0 Å². The van der Waals surface area contributed by atoms with Crippen LogP contribution < -0.4 is 4.90 Å². The third-order valence-electron chi connectivity index (χ3n) is 4.77. The molecule has 1 aromatic carbocycles. The number of anilines is 1. The number of hydrogen-bond donors (Lipinski definition) is 0. The largest absolute Gasteiger partial charge is 0.368 e. The lowest BCUT2D eigenvalue weighted by molar-refractivity contribution is -0.131. The average molecular weight is 398 g/mol. The van der Waals surface area contributed by atoms with Crippen LogP contribution in [0.1, 0.15) is 12.3 Å². The summed E-state index contributed by atoms with van der Waals surface area (Å²) in [4.78, 5) is 25.0. The zero-order valence-corrected chi connectivity index (χ0v) is 16.0. The predicted octanol–water partition coefficient (Wildman–Crippen LogP) is 3.07. The maximum absolute atomic E-state index is 12.5. The maximum Gasteiger partial charge on any atom is 0.227 e. The molecule has 1 aliphatic heterocycles. The van der Waals surface area contributed by atoms with E-state index in [1.807, 2.05) is 41.3 Å². The Morgan fingerprint density at radius 3 is 2.64 bits per heavy atom. The van der Waals surface area contributed by atoms with Crippen molar-refractivity contribution in [2.24, 2.45) is 0 Å². The highest BCUT2D eigenvalue weighted by Gasteiger charge is 2.22. The first-order valence-corrected chi connectivity index (χ1v) is 9.58. The van der Waals surface area contributed by atoms with Crippen LogP contribution in [-0.4, -0.2) is 52.1 Å². The molecule has 144 valence electrons. The Morgan fingerprint density at radius 1 is 1.11 bits per heavy atom. The molecule has 2 aromatic heterocycles. The van der Waals surface area contributed by atoms with E-state index in [1.54, 1.807) is 12.4 Å². The second-order valence-electron chi connectivity index (χ2n) is 6.60. The first-order chi connectivity index (χ1) is 13.7. The summed E-state index contributed by atoms with van der Waals surface area (Å²) in [6, 6.07) is 11.4. The fraction of sp³-hybridized carbons (Fsp3) is 0.300. The van der Waals surface area contributed by atoms with Crippen molar-refractivity contribution in [3.63, 3.8) is 0 Å². The fourth-order valence-electron chi connectivity index (χ4n) is 3.23. The number of amides is 1. The molecule has 28 heavy (non-hydrogen) atoms. The molecule has 0 atom stereocenters. The minimum atomic E-state index is 0.106. The molecule has 0 radical (unpaired) electrons. The lowest BCUT2D eigenvalue weighted by Gasteiger charge is -2.36. The van der Waals surface area contributed by atoms with Gasteiger partial charge in [0.25, 0.3) is 0 Å². The number of aryl methyl sites for hydroxylation is 1. The SMILES string of the molecule is O=C(CCc1nc(-c2ccncc2)no1)N1CCN(c2cccc(Cl)c2)CC1. The number of carbonyl (C=O) groups excluding carboxylic acids is 1. The first-order valence-electron chi connectivity index (χ1n) is 9.20. The summed E-state index contributed by atoms with van der Waals surface area (Å²) in [6.45, 7) is 2.96. The Bertz CT molecular complexity index is 939. The number of pyridine rings is 1. The second-order valence-corrected chi connectivity index (χ2v) is 7.03. The van der Waals surface area contributed by atoms with Gasteiger partial charge in [-0.25, -0.2) is 0 Å². The summed E-state index contributed by atoms with van der Waals surface area (Å²) in [6.07, 6.45) is 4.15. The highest BCUT2D eigenvalue weighted by atomic mass is 35.5. The molecule has 1 aliphatic rings. The van der Waals surface area contributed by atoms with E-state index >= 15 is 0 Å². The Morgan fingerprint density at radius 2 is 1.89 bits per heavy atom. The van der Waals surface area contributed by atoms with Gasteiger partial charge in [0, 0.05) is 67.7 Å². The van der Waals surface area contributed by atoms with Crippen LogP contribution in [0, 0.1) is 0 Å². The number of rotatable bonds is 5. The van der Waals surface area contributed by atoms with Gasteiger partial charge in [-0.05, 0) is 30.3 Å². The lowest BCUT2D eigenvalue weighted by atomic mass is 10.2. The zero-order valence-electron chi connectivity index (χ0n) is 15.3. The number of aromatic nitrogens is 3. The quantitative estimate of drug-likeness (QED) is 0.658. The third-order valence-corrected chi connectivity index (χ3v) is 5.00. The molecule has 8 heteroatoms. The summed E-state index contributed by atoms with van der Waals surface area (Å²) in [5.41, 5.74) is 1.93. The minimum Gasteiger partial charge on any atom is -0.368 e. The van der Waals surface area contributed by atoms with Crippen LogP contribution in [0.3, 0.4) is 0 Å². The van der Waals surface area contributed by atoms with Crippen molar-refractivity contribution in [1.29, 1.82) is 0 Å². The standard InChI is InChI=1S/C20H20ClN5O2/c21-16-2-1-3-17(14-16)25-10-12-26(13-11-25)19(27)5-4-18-23-20(24-28-18)15-6-8-22-9-7-15/h1-3,6-9,14H,4-5,10-13H2. The zero-order chi connectivity index (χ0) is 19.3. The number of hydrogen-bond acceptors (Lipinski definition) is 6. The van der Waals surface area contributed by atoms with Gasteiger partial charge < -0.3 is 14.3 Å². The second kappa shape index (κ2) is 8.39. The van der Waals surface area contributed by atoms with Gasteiger partial charge in [0.15, 0.2) is 0 Å². The molecule has 3 aromatic rings. The van der Waals surface area contributed by atoms with Crippen molar-refractivity contribution < 1.29 is 9.32 Å². The van der Waals surface area contributed by atoms with E-state index in [2.05, 4.69) is 20.0 Å². The monoisotopic (exact) mass is 397 g/mol. The summed E-state index contributed by atoms with van der Waals surface area (Å²) in [7, 11) is 0. The molecule has 0 saturated carbocycles. The minimum absolute atomic E-state index is 0.106. The number of carbonyl (C=O) groups is 1. The molecule has 0 N–H and O–H groups in total. The number of benzene rings is 1. The fourth-order valence-corrected chi connectivity index (χ4v) is 3.42. The van der Waals surface area contributed by atoms with Crippen molar-refractivity contribution in [3.8, 4) is 11.4 Å². The molecule has 1 saturated heterocycles. The van der Waals surface area contributed by atoms with Crippen LogP contribution in [0.2, 0.25) is 5.02 Å². The summed E-state index contributed by atoms with van der Waals surface area (Å²) in [5, 5.41) is 4.70. The first kappa shape index (κ1) is 18.4. The van der Waals surface area contributed by atoms with E-state index in [0.29, 0.717) is 37.6 Å². The average Bonchev–Trinajstić information content (AvgIpc) is 3.22. The van der Waals surface area contributed by atoms with Gasteiger partial charge in [-0.3, -0.25) is 9.78 Å². The Labute approximate surface area is 167 Å². The van der Waals surface area contributed by atoms with Crippen LogP contribution in [0.15, 0.2) is 53.3 Å². The van der Waals surface area contributed by atoms with E-state index in [-0.39, 0.29) is 5.91 Å². The summed E-state index contributed by atoms with van der Waals surface area (Å²) in [5.74, 6) is 1.09. The van der Waals surface area contributed by atoms with Crippen molar-refractivity contribution in [1.82, 2.24) is 20.0 Å². The molecule has 4 rings (SSSR count). The third kappa shape index (κ3) is 4.31. The van der Waals surface area contributed by atoms with Crippen molar-refractivity contribution in [3.05, 3.63) is 59.7 Å². The van der Waals surface area contributed by atoms with E-state index in [1.165, 1.54) is 0 Å². The highest BCUT2D eigenvalue weighted by molar-refractivity contribution is 6.30. The highest BCUT2D eigenvalue weighted by Crippen LogP contribution is 2.21. The smallest absolute Gasteiger partial charge is 0.227 e. The van der Waals surface area contributed by atoms with Gasteiger partial charge in [-0.1, -0.05) is 22.8 Å². The molecular formula is C20H20ClN5O2. The normalized spacial score (nSPS) is 14.3. The predicted molar refractivity (Wildman–Crippen MR) is 106 cm³/mol. The molecule has 1 amide bonds. The van der Waals surface area contributed by atoms with Gasteiger partial charge in [0.1, 0.15) is 0 Å². The summed E-state index contributed by atoms with van der Waals surface area (Å²) >= 11 is 6.07. The van der Waals surface area contributed by atoms with E-state index in [0.717, 1.165) is 29.4 Å². The summed E-state index contributed by atoms with van der Waals surface area (Å²) < 4.78 is 5.27. The molecule has 0 bridgehead atoms. The Balaban J connectivity index is 1.28. The van der Waals surface area contributed by atoms with Crippen molar-refractivity contribution >= 4 is 23.2 Å². The van der Waals surface area contributed by atoms with E-state index < -0.39 is 0 Å². The van der Waals surface area contributed by atoms with E-state index in [4.69, 9.17) is 16.1 Å². The number of nitrogens with zero attached hydrogens (tertiary/aromatic N) is 5. The molecule has 0 unspecified atom stereocenters. The van der Waals surface area contributed by atoms with Gasteiger partial charge >= 0.3 is 0 Å². The van der Waals surface area contributed by atoms with E-state index in [9.17, 15) is 4.79 Å². The van der Waals surface area contributed by atoms with Crippen molar-refractivity contribution in [2.45, 2.75) is 12.8 Å². The van der Waals surface area contributed by atoms with Gasteiger partial charge in [0.2, 0.25) is 17.6 Å². The Hall–Kier alpha value is -2.93. The van der Waals surface area contributed by atoms with Gasteiger partial charge in [0.05, 0.1) is 0 Å². The molecule has 3 heterocycles. The molecular weight excluding hydrogens is 378 g/mol. The number of halogens is 1. The number of piperazine rings is 1. The molecule has 0 aliphatic carbocycles. The van der Waals surface area contributed by atoms with Crippen LogP contribution >= 0.6 is 11.6 Å². The lowest BCUT2D eigenvalue weighted by Crippen LogP contribution is -2.48. The van der Waals surface area contributed by atoms with Crippen LogP contribution in [0.25, 0.3) is 11.4 Å². The molecule has 7 nitrogen and oxygen atoms in total. The van der Waals surface area contributed by atoms with Gasteiger partial charge in [-0.2, -0.15) is 4.98 Å². The van der Waals surface area contributed by atoms with Crippen LogP contribution in [0.4, 0.5) is 5.69 Å². The van der Waals surface area contributed by atoms with Gasteiger partial charge in [-0.15, -0.1) is 0 Å². The molecule has 0 spiro atoms. The topological polar surface area (TPSA) is 75.4 Å². The van der Waals surface area contributed by atoms with Crippen LogP contribution in [-0.2, 0) is 11.2 Å².